The minimum absolute atomic E-state index is 0.417. The van der Waals surface area contributed by atoms with Gasteiger partial charge in [-0.05, 0) is 62.9 Å². The summed E-state index contributed by atoms with van der Waals surface area (Å²) >= 11 is 0. The highest BCUT2D eigenvalue weighted by Gasteiger charge is 2.35. The Morgan fingerprint density at radius 1 is 0.966 bits per heavy atom. The minimum Gasteiger partial charge on any atom is -0.299 e. The molecule has 0 unspecified atom stereocenters. The van der Waals surface area contributed by atoms with Gasteiger partial charge in [0.1, 0.15) is 0 Å². The SMILES string of the molecule is CC(C)(CCCN1CC=C(C=Cc2ccccc2)CC1)S(=O)(=O)c1ccccc1. The molecule has 0 aliphatic carbocycles. The van der Waals surface area contributed by atoms with E-state index in [-0.39, 0.29) is 0 Å². The fourth-order valence-corrected chi connectivity index (χ4v) is 5.20. The molecule has 0 fully saturated rings. The molecule has 0 saturated heterocycles. The number of hydrogen-bond donors (Lipinski definition) is 0. The Labute approximate surface area is 175 Å². The Morgan fingerprint density at radius 3 is 2.24 bits per heavy atom. The Kier molecular flexibility index (Phi) is 7.09. The Balaban J connectivity index is 1.49. The molecular weight excluding hydrogens is 378 g/mol. The molecule has 0 aromatic heterocycles. The third kappa shape index (κ3) is 5.68. The van der Waals surface area contributed by atoms with E-state index in [2.05, 4.69) is 47.4 Å². The number of rotatable bonds is 8. The van der Waals surface area contributed by atoms with E-state index in [1.165, 1.54) is 11.1 Å². The second kappa shape index (κ2) is 9.55. The summed E-state index contributed by atoms with van der Waals surface area (Å²) in [5.41, 5.74) is 2.59. The van der Waals surface area contributed by atoms with Crippen molar-refractivity contribution in [2.24, 2.45) is 0 Å². The van der Waals surface area contributed by atoms with Gasteiger partial charge in [-0.25, -0.2) is 8.42 Å². The molecule has 0 atom stereocenters. The van der Waals surface area contributed by atoms with Crippen LogP contribution in [0.1, 0.15) is 38.7 Å². The van der Waals surface area contributed by atoms with Crippen LogP contribution in [0.5, 0.6) is 0 Å². The Bertz CT molecular complexity index is 945. The van der Waals surface area contributed by atoms with Gasteiger partial charge in [0.05, 0.1) is 9.64 Å². The van der Waals surface area contributed by atoms with Crippen molar-refractivity contribution in [3.05, 3.63) is 84.0 Å². The van der Waals surface area contributed by atoms with Crippen LogP contribution in [0.15, 0.2) is 83.3 Å². The molecule has 154 valence electrons. The molecule has 1 aliphatic heterocycles. The lowest BCUT2D eigenvalue weighted by atomic mass is 10.0. The van der Waals surface area contributed by atoms with Crippen molar-refractivity contribution in [3.63, 3.8) is 0 Å². The van der Waals surface area contributed by atoms with Gasteiger partial charge in [0, 0.05) is 13.1 Å². The molecule has 0 N–H and O–H groups in total. The van der Waals surface area contributed by atoms with E-state index in [0.29, 0.717) is 11.3 Å². The number of allylic oxidation sites excluding steroid dienone is 1. The quantitative estimate of drug-likeness (QED) is 0.589. The maximum Gasteiger partial charge on any atom is 0.183 e. The van der Waals surface area contributed by atoms with Crippen molar-refractivity contribution >= 4 is 15.9 Å². The summed E-state index contributed by atoms with van der Waals surface area (Å²) in [6.07, 6.45) is 9.23. The average Bonchev–Trinajstić information content (AvgIpc) is 2.74. The van der Waals surface area contributed by atoms with Crippen molar-refractivity contribution in [2.45, 2.75) is 42.8 Å². The summed E-state index contributed by atoms with van der Waals surface area (Å²) in [6, 6.07) is 19.1. The van der Waals surface area contributed by atoms with Crippen molar-refractivity contribution < 1.29 is 8.42 Å². The molecule has 0 amide bonds. The summed E-state index contributed by atoms with van der Waals surface area (Å²) in [5, 5.41) is 0. The van der Waals surface area contributed by atoms with Crippen molar-refractivity contribution in [1.82, 2.24) is 4.90 Å². The van der Waals surface area contributed by atoms with Gasteiger partial charge < -0.3 is 0 Å². The molecule has 29 heavy (non-hydrogen) atoms. The van der Waals surface area contributed by atoms with E-state index in [1.54, 1.807) is 24.3 Å². The molecule has 0 bridgehead atoms. The van der Waals surface area contributed by atoms with E-state index >= 15 is 0 Å². The van der Waals surface area contributed by atoms with Gasteiger partial charge in [0.25, 0.3) is 0 Å². The van der Waals surface area contributed by atoms with Gasteiger partial charge in [-0.2, -0.15) is 0 Å². The van der Waals surface area contributed by atoms with Crippen LogP contribution < -0.4 is 0 Å². The first-order chi connectivity index (χ1) is 13.9. The van der Waals surface area contributed by atoms with E-state index in [4.69, 9.17) is 0 Å². The first kappa shape index (κ1) is 21.5. The zero-order chi connectivity index (χ0) is 20.7. The largest absolute Gasteiger partial charge is 0.299 e. The van der Waals surface area contributed by atoms with Crippen LogP contribution in [0, 0.1) is 0 Å². The third-order valence-electron chi connectivity index (χ3n) is 5.65. The van der Waals surface area contributed by atoms with E-state index in [9.17, 15) is 8.42 Å². The zero-order valence-electron chi connectivity index (χ0n) is 17.4. The smallest absolute Gasteiger partial charge is 0.183 e. The lowest BCUT2D eigenvalue weighted by molar-refractivity contribution is 0.284. The summed E-state index contributed by atoms with van der Waals surface area (Å²) in [5.74, 6) is 0. The van der Waals surface area contributed by atoms with Gasteiger partial charge in [0.15, 0.2) is 9.84 Å². The Morgan fingerprint density at radius 2 is 1.62 bits per heavy atom. The van der Waals surface area contributed by atoms with Crippen LogP contribution >= 0.6 is 0 Å². The molecule has 0 radical (unpaired) electrons. The van der Waals surface area contributed by atoms with Gasteiger partial charge in [0.2, 0.25) is 0 Å². The summed E-state index contributed by atoms with van der Waals surface area (Å²) < 4.78 is 25.1. The predicted octanol–water partition coefficient (Wildman–Crippen LogP) is 5.36. The summed E-state index contributed by atoms with van der Waals surface area (Å²) in [7, 11) is -3.32. The maximum absolute atomic E-state index is 12.9. The van der Waals surface area contributed by atoms with Crippen LogP contribution in [-0.2, 0) is 9.84 Å². The van der Waals surface area contributed by atoms with Gasteiger partial charge in [-0.3, -0.25) is 4.90 Å². The maximum atomic E-state index is 12.9. The van der Waals surface area contributed by atoms with Crippen LogP contribution in [0.4, 0.5) is 0 Å². The fraction of sp³-hybridized carbons (Fsp3) is 0.360. The number of sulfone groups is 1. The van der Waals surface area contributed by atoms with Crippen LogP contribution in [0.3, 0.4) is 0 Å². The highest BCUT2D eigenvalue weighted by Crippen LogP contribution is 2.29. The summed E-state index contributed by atoms with van der Waals surface area (Å²) in [6.45, 7) is 6.58. The first-order valence-corrected chi connectivity index (χ1v) is 11.8. The third-order valence-corrected chi connectivity index (χ3v) is 8.20. The zero-order valence-corrected chi connectivity index (χ0v) is 18.2. The second-order valence-electron chi connectivity index (χ2n) is 8.25. The molecule has 4 heteroatoms. The monoisotopic (exact) mass is 409 g/mol. The Hall–Kier alpha value is -2.17. The van der Waals surface area contributed by atoms with Crippen LogP contribution in [0.2, 0.25) is 0 Å². The van der Waals surface area contributed by atoms with E-state index < -0.39 is 14.6 Å². The van der Waals surface area contributed by atoms with E-state index in [1.807, 2.05) is 26.0 Å². The molecule has 3 nitrogen and oxygen atoms in total. The van der Waals surface area contributed by atoms with Crippen LogP contribution in [-0.4, -0.2) is 37.7 Å². The van der Waals surface area contributed by atoms with Crippen molar-refractivity contribution in [2.75, 3.05) is 19.6 Å². The standard InChI is InChI=1S/C25H31NO2S/c1-25(2,29(27,28)24-12-7-4-8-13-24)18-9-19-26-20-16-23(17-21-26)15-14-22-10-5-3-6-11-22/h3-8,10-16H,9,17-21H2,1-2H3. The molecule has 2 aromatic rings. The highest BCUT2D eigenvalue weighted by molar-refractivity contribution is 7.92. The molecule has 1 heterocycles. The number of hydrogen-bond acceptors (Lipinski definition) is 3. The van der Waals surface area contributed by atoms with Gasteiger partial charge in [-0.15, -0.1) is 0 Å². The first-order valence-electron chi connectivity index (χ1n) is 10.3. The normalized spacial score (nSPS) is 16.1. The van der Waals surface area contributed by atoms with Crippen LogP contribution in [0.25, 0.3) is 6.08 Å². The highest BCUT2D eigenvalue weighted by atomic mass is 32.2. The molecular formula is C25H31NO2S. The van der Waals surface area contributed by atoms with Crippen molar-refractivity contribution in [3.8, 4) is 0 Å². The molecule has 0 saturated carbocycles. The topological polar surface area (TPSA) is 37.4 Å². The molecule has 0 spiro atoms. The average molecular weight is 410 g/mol. The molecule has 1 aliphatic rings. The van der Waals surface area contributed by atoms with Gasteiger partial charge in [-0.1, -0.05) is 66.8 Å². The minimum atomic E-state index is -3.32. The van der Waals surface area contributed by atoms with E-state index in [0.717, 1.165) is 32.5 Å². The predicted molar refractivity (Wildman–Crippen MR) is 122 cm³/mol. The summed E-state index contributed by atoms with van der Waals surface area (Å²) in [4.78, 5) is 2.83. The number of nitrogens with zero attached hydrogens (tertiary/aromatic N) is 1. The lowest BCUT2D eigenvalue weighted by Crippen LogP contribution is -2.34. The van der Waals surface area contributed by atoms with Gasteiger partial charge >= 0.3 is 0 Å². The number of benzene rings is 2. The fourth-order valence-electron chi connectivity index (χ4n) is 3.63. The second-order valence-corrected chi connectivity index (χ2v) is 10.8. The molecule has 3 rings (SSSR count). The molecule has 2 aromatic carbocycles. The van der Waals surface area contributed by atoms with Crippen molar-refractivity contribution in [1.29, 1.82) is 0 Å². The lowest BCUT2D eigenvalue weighted by Gasteiger charge is -2.28.